The summed E-state index contributed by atoms with van der Waals surface area (Å²) in [4.78, 5) is 23.3. The molecule has 0 saturated heterocycles. The number of halogens is 1. The molecule has 19 heavy (non-hydrogen) atoms. The van der Waals surface area contributed by atoms with Gasteiger partial charge >= 0.3 is 0 Å². The van der Waals surface area contributed by atoms with Crippen LogP contribution in [0.3, 0.4) is 0 Å². The lowest BCUT2D eigenvalue weighted by Crippen LogP contribution is -2.34. The Hall–Kier alpha value is -1.88. The van der Waals surface area contributed by atoms with Crippen LogP contribution in [0.5, 0.6) is 0 Å². The van der Waals surface area contributed by atoms with Gasteiger partial charge in [-0.3, -0.25) is 9.59 Å². The van der Waals surface area contributed by atoms with Crippen molar-refractivity contribution in [2.24, 2.45) is 5.10 Å². The van der Waals surface area contributed by atoms with Gasteiger partial charge in [0, 0.05) is 30.6 Å². The Morgan fingerprint density at radius 1 is 1.42 bits per heavy atom. The Kier molecular flexibility index (Phi) is 3.85. The molecule has 5 nitrogen and oxygen atoms in total. The molecule has 1 aliphatic rings. The third kappa shape index (κ3) is 3.12. The number of hydrogen-bond donors (Lipinski definition) is 1. The van der Waals surface area contributed by atoms with Crippen molar-refractivity contribution in [1.29, 1.82) is 0 Å². The number of hydrogen-bond acceptors (Lipinski definition) is 3. The zero-order valence-electron chi connectivity index (χ0n) is 10.7. The molecule has 1 heterocycles. The fraction of sp³-hybridized carbons (Fsp3) is 0.308. The summed E-state index contributed by atoms with van der Waals surface area (Å²) in [5, 5.41) is 8.57. The molecule has 0 bridgehead atoms. The number of rotatable bonds is 2. The lowest BCUT2D eigenvalue weighted by atomic mass is 10.1. The average molecular weight is 280 g/mol. The van der Waals surface area contributed by atoms with Gasteiger partial charge in [0.25, 0.3) is 5.91 Å². The number of aryl methyl sites for hydroxylation is 1. The fourth-order valence-electron chi connectivity index (χ4n) is 1.79. The van der Waals surface area contributed by atoms with Gasteiger partial charge in [0.15, 0.2) is 0 Å². The Morgan fingerprint density at radius 3 is 2.79 bits per heavy atom. The number of anilines is 1. The summed E-state index contributed by atoms with van der Waals surface area (Å²) in [5.74, 6) is -0.371. The van der Waals surface area contributed by atoms with Crippen LogP contribution in [0, 0.1) is 6.92 Å². The second kappa shape index (κ2) is 5.40. The van der Waals surface area contributed by atoms with Crippen LogP contribution in [-0.2, 0) is 9.59 Å². The standard InChI is InChI=1S/C13H14ClN3O2/c1-8-7-9(14)3-4-10(8)15-13(19)11-5-6-12(18)17(2)16-11/h3-4,7H,5-6H2,1-2H3,(H,15,19). The van der Waals surface area contributed by atoms with E-state index in [4.69, 9.17) is 11.6 Å². The van der Waals surface area contributed by atoms with Crippen LogP contribution in [0.15, 0.2) is 23.3 Å². The number of nitrogens with zero attached hydrogens (tertiary/aromatic N) is 2. The molecule has 0 aromatic heterocycles. The molecule has 2 rings (SSSR count). The third-order valence-electron chi connectivity index (χ3n) is 2.91. The van der Waals surface area contributed by atoms with Gasteiger partial charge in [-0.1, -0.05) is 11.6 Å². The predicted molar refractivity (Wildman–Crippen MR) is 74.3 cm³/mol. The Labute approximate surface area is 116 Å². The monoisotopic (exact) mass is 279 g/mol. The van der Waals surface area contributed by atoms with Gasteiger partial charge < -0.3 is 5.32 Å². The summed E-state index contributed by atoms with van der Waals surface area (Å²) in [6, 6.07) is 5.23. The summed E-state index contributed by atoms with van der Waals surface area (Å²) < 4.78 is 0. The van der Waals surface area contributed by atoms with Crippen LogP contribution in [0.25, 0.3) is 0 Å². The van der Waals surface area contributed by atoms with Crippen molar-refractivity contribution in [2.75, 3.05) is 12.4 Å². The summed E-state index contributed by atoms with van der Waals surface area (Å²) in [6.45, 7) is 1.86. The molecule has 2 amide bonds. The second-order valence-electron chi connectivity index (χ2n) is 4.38. The summed E-state index contributed by atoms with van der Waals surface area (Å²) >= 11 is 5.86. The molecule has 0 fully saturated rings. The Bertz CT molecular complexity index is 569. The minimum atomic E-state index is -0.287. The predicted octanol–water partition coefficient (Wildman–Crippen LogP) is 2.20. The smallest absolute Gasteiger partial charge is 0.271 e. The van der Waals surface area contributed by atoms with Crippen molar-refractivity contribution >= 4 is 34.8 Å². The molecular weight excluding hydrogens is 266 g/mol. The first kappa shape index (κ1) is 13.5. The lowest BCUT2D eigenvalue weighted by Gasteiger charge is -2.19. The maximum Gasteiger partial charge on any atom is 0.271 e. The van der Waals surface area contributed by atoms with Gasteiger partial charge in [-0.2, -0.15) is 5.10 Å². The SMILES string of the molecule is Cc1cc(Cl)ccc1NC(=O)C1=NN(C)C(=O)CC1. The Morgan fingerprint density at radius 2 is 2.16 bits per heavy atom. The number of nitrogens with one attached hydrogen (secondary N) is 1. The molecular formula is C13H14ClN3O2. The van der Waals surface area contributed by atoms with Crippen LogP contribution in [0.1, 0.15) is 18.4 Å². The van der Waals surface area contributed by atoms with Gasteiger partial charge in [-0.05, 0) is 30.7 Å². The van der Waals surface area contributed by atoms with E-state index >= 15 is 0 Å². The maximum atomic E-state index is 12.0. The highest BCUT2D eigenvalue weighted by molar-refractivity contribution is 6.43. The van der Waals surface area contributed by atoms with E-state index in [-0.39, 0.29) is 11.8 Å². The normalized spacial score (nSPS) is 15.2. The zero-order valence-corrected chi connectivity index (χ0v) is 11.5. The largest absolute Gasteiger partial charge is 0.321 e. The molecule has 0 aliphatic carbocycles. The van der Waals surface area contributed by atoms with Gasteiger partial charge in [0.2, 0.25) is 5.91 Å². The molecule has 0 radical (unpaired) electrons. The van der Waals surface area contributed by atoms with E-state index in [9.17, 15) is 9.59 Å². The number of carbonyl (C=O) groups excluding carboxylic acids is 2. The molecule has 6 heteroatoms. The molecule has 0 saturated carbocycles. The van der Waals surface area contributed by atoms with E-state index in [2.05, 4.69) is 10.4 Å². The van der Waals surface area contributed by atoms with Crippen molar-refractivity contribution in [3.63, 3.8) is 0 Å². The van der Waals surface area contributed by atoms with Crippen LogP contribution >= 0.6 is 11.6 Å². The number of benzene rings is 1. The topological polar surface area (TPSA) is 61.8 Å². The molecule has 100 valence electrons. The van der Waals surface area contributed by atoms with E-state index in [0.717, 1.165) is 5.56 Å². The first-order chi connectivity index (χ1) is 8.97. The van der Waals surface area contributed by atoms with Crippen LogP contribution < -0.4 is 5.32 Å². The summed E-state index contributed by atoms with van der Waals surface area (Å²) in [6.07, 6.45) is 0.671. The summed E-state index contributed by atoms with van der Waals surface area (Å²) in [7, 11) is 1.54. The highest BCUT2D eigenvalue weighted by atomic mass is 35.5. The quantitative estimate of drug-likeness (QED) is 0.902. The van der Waals surface area contributed by atoms with Crippen molar-refractivity contribution in [2.45, 2.75) is 19.8 Å². The fourth-order valence-corrected chi connectivity index (χ4v) is 2.02. The molecule has 0 atom stereocenters. The van der Waals surface area contributed by atoms with E-state index in [1.54, 1.807) is 25.2 Å². The van der Waals surface area contributed by atoms with Gasteiger partial charge in [-0.15, -0.1) is 0 Å². The number of amides is 2. The van der Waals surface area contributed by atoms with Crippen molar-refractivity contribution < 1.29 is 9.59 Å². The molecule has 0 spiro atoms. The van der Waals surface area contributed by atoms with Crippen LogP contribution in [-0.4, -0.2) is 29.6 Å². The van der Waals surface area contributed by atoms with Gasteiger partial charge in [0.05, 0.1) is 0 Å². The maximum absolute atomic E-state index is 12.0. The minimum Gasteiger partial charge on any atom is -0.321 e. The number of hydrazone groups is 1. The molecule has 1 aliphatic heterocycles. The van der Waals surface area contributed by atoms with Crippen LogP contribution in [0.2, 0.25) is 5.02 Å². The number of carbonyl (C=O) groups is 2. The van der Waals surface area contributed by atoms with Gasteiger partial charge in [0.1, 0.15) is 5.71 Å². The van der Waals surface area contributed by atoms with Gasteiger partial charge in [-0.25, -0.2) is 5.01 Å². The molecule has 1 N–H and O–H groups in total. The zero-order chi connectivity index (χ0) is 14.0. The summed E-state index contributed by atoms with van der Waals surface area (Å²) in [5.41, 5.74) is 1.93. The molecule has 1 aromatic rings. The van der Waals surface area contributed by atoms with Crippen molar-refractivity contribution in [3.05, 3.63) is 28.8 Å². The molecule has 1 aromatic carbocycles. The van der Waals surface area contributed by atoms with Crippen molar-refractivity contribution in [1.82, 2.24) is 5.01 Å². The van der Waals surface area contributed by atoms with E-state index in [1.165, 1.54) is 5.01 Å². The van der Waals surface area contributed by atoms with E-state index in [1.807, 2.05) is 6.92 Å². The van der Waals surface area contributed by atoms with E-state index in [0.29, 0.717) is 29.3 Å². The lowest BCUT2D eigenvalue weighted by molar-refractivity contribution is -0.130. The Balaban J connectivity index is 2.13. The average Bonchev–Trinajstić information content (AvgIpc) is 2.36. The highest BCUT2D eigenvalue weighted by Crippen LogP contribution is 2.20. The minimum absolute atomic E-state index is 0.0841. The van der Waals surface area contributed by atoms with Crippen LogP contribution in [0.4, 0.5) is 5.69 Å². The first-order valence-corrected chi connectivity index (χ1v) is 6.26. The second-order valence-corrected chi connectivity index (χ2v) is 4.81. The highest BCUT2D eigenvalue weighted by Gasteiger charge is 2.22. The first-order valence-electron chi connectivity index (χ1n) is 5.89. The van der Waals surface area contributed by atoms with E-state index < -0.39 is 0 Å². The van der Waals surface area contributed by atoms with Crippen molar-refractivity contribution in [3.8, 4) is 0 Å². The third-order valence-corrected chi connectivity index (χ3v) is 3.14. The molecule has 0 unspecified atom stereocenters.